The van der Waals surface area contributed by atoms with Gasteiger partial charge in [-0.25, -0.2) is 0 Å². The lowest BCUT2D eigenvalue weighted by molar-refractivity contribution is 0.141. The van der Waals surface area contributed by atoms with Gasteiger partial charge in [0.15, 0.2) is 11.5 Å². The third kappa shape index (κ3) is 3.67. The van der Waals surface area contributed by atoms with Crippen molar-refractivity contribution in [2.75, 3.05) is 47.5 Å². The summed E-state index contributed by atoms with van der Waals surface area (Å²) in [7, 11) is 4.99. The fraction of sp³-hybridized carbons (Fsp3) is 0.647. The molecule has 2 atom stereocenters. The Bertz CT molecular complexity index is 527. The maximum Gasteiger partial charge on any atom is 0.203 e. The first-order valence-corrected chi connectivity index (χ1v) is 7.97. The van der Waals surface area contributed by atoms with Gasteiger partial charge in [-0.3, -0.25) is 4.90 Å². The van der Waals surface area contributed by atoms with Crippen LogP contribution in [0.15, 0.2) is 12.1 Å². The molecule has 0 aromatic heterocycles. The van der Waals surface area contributed by atoms with E-state index in [2.05, 4.69) is 16.3 Å². The summed E-state index contributed by atoms with van der Waals surface area (Å²) in [5.41, 5.74) is 1.16. The second-order valence-corrected chi connectivity index (χ2v) is 6.20. The molecule has 6 heteroatoms. The topological polar surface area (TPSA) is 43.0 Å². The number of hydrogen-bond acceptors (Lipinski definition) is 5. The van der Waals surface area contributed by atoms with Crippen molar-refractivity contribution in [3.8, 4) is 17.2 Å². The molecular weight excluding hydrogens is 316 g/mol. The maximum atomic E-state index is 5.59. The highest BCUT2D eigenvalue weighted by Crippen LogP contribution is 2.40. The Morgan fingerprint density at radius 3 is 2.48 bits per heavy atom. The van der Waals surface area contributed by atoms with Gasteiger partial charge in [0.25, 0.3) is 0 Å². The first-order valence-electron chi connectivity index (χ1n) is 7.97. The molecule has 2 saturated heterocycles. The van der Waals surface area contributed by atoms with Crippen LogP contribution in [-0.2, 0) is 6.54 Å². The number of methoxy groups -OCH3 is 3. The minimum absolute atomic E-state index is 0. The second kappa shape index (κ2) is 8.08. The van der Waals surface area contributed by atoms with Crippen LogP contribution in [0.4, 0.5) is 0 Å². The summed E-state index contributed by atoms with van der Waals surface area (Å²) in [4.78, 5) is 2.53. The van der Waals surface area contributed by atoms with Crippen molar-refractivity contribution in [1.82, 2.24) is 10.2 Å². The number of ether oxygens (including phenoxy) is 3. The number of nitrogens with one attached hydrogen (secondary N) is 1. The summed E-state index contributed by atoms with van der Waals surface area (Å²) in [6.07, 6.45) is 1.28. The number of fused-ring (bicyclic) bond motifs is 1. The number of nitrogens with zero attached hydrogens (tertiary/aromatic N) is 1. The smallest absolute Gasteiger partial charge is 0.203 e. The van der Waals surface area contributed by atoms with Gasteiger partial charge >= 0.3 is 0 Å². The van der Waals surface area contributed by atoms with Crippen molar-refractivity contribution in [3.63, 3.8) is 0 Å². The van der Waals surface area contributed by atoms with Gasteiger partial charge in [-0.05, 0) is 44.0 Å². The zero-order valence-electron chi connectivity index (χ0n) is 14.1. The molecule has 2 aliphatic heterocycles. The Morgan fingerprint density at radius 1 is 1.04 bits per heavy atom. The van der Waals surface area contributed by atoms with Gasteiger partial charge in [-0.2, -0.15) is 0 Å². The van der Waals surface area contributed by atoms with Crippen molar-refractivity contribution in [1.29, 1.82) is 0 Å². The lowest BCUT2D eigenvalue weighted by Crippen LogP contribution is -2.39. The number of benzene rings is 1. The van der Waals surface area contributed by atoms with Crippen LogP contribution in [0, 0.1) is 11.8 Å². The third-order valence-corrected chi connectivity index (χ3v) is 4.97. The van der Waals surface area contributed by atoms with Crippen LogP contribution in [0.2, 0.25) is 0 Å². The lowest BCUT2D eigenvalue weighted by Gasteiger charge is -2.34. The molecule has 5 nitrogen and oxygen atoms in total. The third-order valence-electron chi connectivity index (χ3n) is 4.97. The van der Waals surface area contributed by atoms with Gasteiger partial charge in [0.2, 0.25) is 5.75 Å². The quantitative estimate of drug-likeness (QED) is 0.888. The SMILES string of the molecule is COc1ccc(CN2CCC3CNCC3C2)c(OC)c1OC.Cl. The maximum absolute atomic E-state index is 5.59. The molecule has 2 unspecified atom stereocenters. The Hall–Kier alpha value is -1.17. The standard InChI is InChI=1S/C17H26N2O3.ClH/c1-20-15-5-4-13(16(21-2)17(15)22-3)10-19-7-6-12-8-18-9-14(12)11-19;/h4-5,12,14,18H,6-11H2,1-3H3;1H. The molecular formula is C17H27ClN2O3. The van der Waals surface area contributed by atoms with Crippen molar-refractivity contribution < 1.29 is 14.2 Å². The average Bonchev–Trinajstić information content (AvgIpc) is 3.01. The van der Waals surface area contributed by atoms with Crippen LogP contribution < -0.4 is 19.5 Å². The molecule has 0 radical (unpaired) electrons. The fourth-order valence-corrected chi connectivity index (χ4v) is 3.78. The fourth-order valence-electron chi connectivity index (χ4n) is 3.78. The molecule has 0 spiro atoms. The van der Waals surface area contributed by atoms with E-state index in [1.54, 1.807) is 21.3 Å². The Labute approximate surface area is 144 Å². The van der Waals surface area contributed by atoms with E-state index in [0.29, 0.717) is 11.5 Å². The minimum Gasteiger partial charge on any atom is -0.493 e. The summed E-state index contributed by atoms with van der Waals surface area (Å²) in [5.74, 6) is 3.83. The largest absolute Gasteiger partial charge is 0.493 e. The molecule has 0 bridgehead atoms. The van der Waals surface area contributed by atoms with Crippen molar-refractivity contribution in [2.24, 2.45) is 11.8 Å². The van der Waals surface area contributed by atoms with E-state index in [1.807, 2.05) is 6.07 Å². The summed E-state index contributed by atoms with van der Waals surface area (Å²) in [6, 6.07) is 4.04. The van der Waals surface area contributed by atoms with Gasteiger partial charge in [0.05, 0.1) is 21.3 Å². The van der Waals surface area contributed by atoms with E-state index in [4.69, 9.17) is 14.2 Å². The van der Waals surface area contributed by atoms with E-state index in [0.717, 1.165) is 49.3 Å². The van der Waals surface area contributed by atoms with Crippen molar-refractivity contribution in [2.45, 2.75) is 13.0 Å². The number of piperidine rings is 1. The summed E-state index contributed by atoms with van der Waals surface area (Å²) >= 11 is 0. The van der Waals surface area contributed by atoms with Gasteiger partial charge in [0.1, 0.15) is 0 Å². The predicted octanol–water partition coefficient (Wildman–Crippen LogP) is 2.18. The van der Waals surface area contributed by atoms with E-state index < -0.39 is 0 Å². The van der Waals surface area contributed by atoms with Gasteiger partial charge in [-0.15, -0.1) is 12.4 Å². The molecule has 2 aliphatic rings. The summed E-state index contributed by atoms with van der Waals surface area (Å²) in [6.45, 7) is 5.56. The van der Waals surface area contributed by atoms with Crippen LogP contribution >= 0.6 is 12.4 Å². The predicted molar refractivity (Wildman–Crippen MR) is 93.1 cm³/mol. The van der Waals surface area contributed by atoms with Crippen LogP contribution in [-0.4, -0.2) is 52.4 Å². The van der Waals surface area contributed by atoms with Crippen LogP contribution in [0.3, 0.4) is 0 Å². The number of hydrogen-bond donors (Lipinski definition) is 1. The monoisotopic (exact) mass is 342 g/mol. The highest BCUT2D eigenvalue weighted by Gasteiger charge is 2.33. The first kappa shape index (κ1) is 18.2. The average molecular weight is 343 g/mol. The van der Waals surface area contributed by atoms with Crippen molar-refractivity contribution in [3.05, 3.63) is 17.7 Å². The molecule has 1 aromatic carbocycles. The molecule has 3 rings (SSSR count). The summed E-state index contributed by atoms with van der Waals surface area (Å²) in [5, 5.41) is 3.52. The highest BCUT2D eigenvalue weighted by atomic mass is 35.5. The normalized spacial score (nSPS) is 23.8. The lowest BCUT2D eigenvalue weighted by atomic mass is 9.88. The zero-order valence-corrected chi connectivity index (χ0v) is 14.9. The molecule has 0 saturated carbocycles. The van der Waals surface area contributed by atoms with Crippen LogP contribution in [0.1, 0.15) is 12.0 Å². The molecule has 1 N–H and O–H groups in total. The van der Waals surface area contributed by atoms with Crippen LogP contribution in [0.5, 0.6) is 17.2 Å². The highest BCUT2D eigenvalue weighted by molar-refractivity contribution is 5.85. The molecule has 0 aliphatic carbocycles. The molecule has 1 aromatic rings. The minimum atomic E-state index is 0. The van der Waals surface area contributed by atoms with Gasteiger partial charge in [-0.1, -0.05) is 6.07 Å². The molecule has 23 heavy (non-hydrogen) atoms. The van der Waals surface area contributed by atoms with E-state index in [9.17, 15) is 0 Å². The number of halogens is 1. The molecule has 0 amide bonds. The van der Waals surface area contributed by atoms with E-state index in [-0.39, 0.29) is 12.4 Å². The first-order chi connectivity index (χ1) is 10.8. The van der Waals surface area contributed by atoms with Crippen LogP contribution in [0.25, 0.3) is 0 Å². The summed E-state index contributed by atoms with van der Waals surface area (Å²) < 4.78 is 16.4. The second-order valence-electron chi connectivity index (χ2n) is 6.20. The van der Waals surface area contributed by atoms with E-state index >= 15 is 0 Å². The number of likely N-dealkylation sites (tertiary alicyclic amines) is 1. The van der Waals surface area contributed by atoms with Gasteiger partial charge < -0.3 is 19.5 Å². The number of rotatable bonds is 5. The van der Waals surface area contributed by atoms with Gasteiger partial charge in [0, 0.05) is 18.7 Å². The zero-order chi connectivity index (χ0) is 15.5. The molecule has 2 heterocycles. The Morgan fingerprint density at radius 2 is 1.78 bits per heavy atom. The molecule has 130 valence electrons. The molecule has 2 fully saturated rings. The van der Waals surface area contributed by atoms with E-state index in [1.165, 1.54) is 13.0 Å². The Kier molecular flexibility index (Phi) is 6.39. The van der Waals surface area contributed by atoms with Crippen molar-refractivity contribution >= 4 is 12.4 Å². The Balaban J connectivity index is 0.00000192.